The number of amides is 1. The Kier molecular flexibility index (Phi) is 7.66. The average molecular weight is 479 g/mol. The van der Waals surface area contributed by atoms with Gasteiger partial charge in [-0.2, -0.15) is 13.7 Å². The van der Waals surface area contributed by atoms with Crippen LogP contribution < -0.4 is 9.08 Å². The molecule has 0 saturated heterocycles. The second-order valence-corrected chi connectivity index (χ2v) is 8.90. The summed E-state index contributed by atoms with van der Waals surface area (Å²) in [4.78, 5) is 26.1. The molecular formula is C25H22N2O6S. The molecule has 0 saturated carbocycles. The van der Waals surface area contributed by atoms with Crippen LogP contribution in [-0.4, -0.2) is 33.4 Å². The third-order valence-corrected chi connectivity index (χ3v) is 6.22. The molecule has 1 amide bonds. The first-order valence-electron chi connectivity index (χ1n) is 10.2. The van der Waals surface area contributed by atoms with Crippen molar-refractivity contribution in [3.05, 3.63) is 89.5 Å². The first-order chi connectivity index (χ1) is 16.2. The maximum atomic E-state index is 12.6. The van der Waals surface area contributed by atoms with Gasteiger partial charge < -0.3 is 8.92 Å². The number of esters is 1. The molecule has 0 aliphatic heterocycles. The summed E-state index contributed by atoms with van der Waals surface area (Å²) >= 11 is 0. The van der Waals surface area contributed by atoms with Crippen molar-refractivity contribution in [1.29, 1.82) is 5.26 Å². The molecule has 9 heteroatoms. The predicted molar refractivity (Wildman–Crippen MR) is 125 cm³/mol. The van der Waals surface area contributed by atoms with Crippen molar-refractivity contribution in [3.63, 3.8) is 0 Å². The normalized spacial score (nSPS) is 10.7. The fourth-order valence-corrected chi connectivity index (χ4v) is 4.33. The van der Waals surface area contributed by atoms with E-state index in [1.807, 2.05) is 6.07 Å². The Morgan fingerprint density at radius 1 is 0.971 bits per heavy atom. The number of para-hydroxylation sites is 1. The van der Waals surface area contributed by atoms with Gasteiger partial charge in [-0.25, -0.2) is 4.79 Å². The fourth-order valence-electron chi connectivity index (χ4n) is 3.09. The van der Waals surface area contributed by atoms with Gasteiger partial charge in [-0.05, 0) is 67.4 Å². The Morgan fingerprint density at radius 3 is 2.29 bits per heavy atom. The van der Waals surface area contributed by atoms with E-state index in [2.05, 4.69) is 0 Å². The van der Waals surface area contributed by atoms with Crippen LogP contribution in [0.4, 0.5) is 5.69 Å². The molecule has 0 fully saturated rings. The van der Waals surface area contributed by atoms with Crippen molar-refractivity contribution in [3.8, 4) is 11.8 Å². The molecule has 3 aromatic rings. The van der Waals surface area contributed by atoms with Crippen LogP contribution in [0.5, 0.6) is 5.75 Å². The molecule has 0 heterocycles. The molecule has 0 bridgehead atoms. The van der Waals surface area contributed by atoms with E-state index in [1.54, 1.807) is 56.3 Å². The van der Waals surface area contributed by atoms with Gasteiger partial charge in [0, 0.05) is 5.69 Å². The van der Waals surface area contributed by atoms with Gasteiger partial charge in [0.15, 0.2) is 6.61 Å². The summed E-state index contributed by atoms with van der Waals surface area (Å²) < 4.78 is 35.5. The number of hydrogen-bond acceptors (Lipinski definition) is 7. The number of rotatable bonds is 8. The van der Waals surface area contributed by atoms with Gasteiger partial charge >= 0.3 is 16.1 Å². The number of anilines is 1. The first kappa shape index (κ1) is 24.5. The Balaban J connectivity index is 1.64. The quantitative estimate of drug-likeness (QED) is 0.275. The highest BCUT2D eigenvalue weighted by Gasteiger charge is 2.21. The van der Waals surface area contributed by atoms with Crippen LogP contribution in [0, 0.1) is 25.2 Å². The zero-order valence-corrected chi connectivity index (χ0v) is 19.4. The van der Waals surface area contributed by atoms with Gasteiger partial charge in [0.05, 0.1) is 11.6 Å². The molecular weight excluding hydrogens is 456 g/mol. The van der Waals surface area contributed by atoms with Crippen molar-refractivity contribution in [2.24, 2.45) is 0 Å². The zero-order chi connectivity index (χ0) is 24.7. The summed E-state index contributed by atoms with van der Waals surface area (Å²) in [6.45, 7) is 2.70. The maximum absolute atomic E-state index is 12.6. The van der Waals surface area contributed by atoms with Gasteiger partial charge in [0.1, 0.15) is 17.2 Å². The van der Waals surface area contributed by atoms with Crippen molar-refractivity contribution in [1.82, 2.24) is 0 Å². The van der Waals surface area contributed by atoms with E-state index in [-0.39, 0.29) is 22.8 Å². The SMILES string of the molecule is Cc1ccc(C)c(S(=O)(=O)Oc2ccc(C(=O)OCC(=O)N(CC#N)c3ccccc3)cc2)c1. The number of hydrogen-bond donors (Lipinski definition) is 0. The first-order valence-corrected chi connectivity index (χ1v) is 11.6. The summed E-state index contributed by atoms with van der Waals surface area (Å²) in [6, 6.07) is 20.8. The van der Waals surface area contributed by atoms with Crippen LogP contribution in [0.15, 0.2) is 77.7 Å². The molecule has 0 N–H and O–H groups in total. The van der Waals surface area contributed by atoms with E-state index in [9.17, 15) is 18.0 Å². The third kappa shape index (κ3) is 5.99. The van der Waals surface area contributed by atoms with E-state index in [4.69, 9.17) is 14.2 Å². The molecule has 8 nitrogen and oxygen atoms in total. The van der Waals surface area contributed by atoms with Crippen LogP contribution in [0.2, 0.25) is 0 Å². The van der Waals surface area contributed by atoms with Crippen molar-refractivity contribution < 1.29 is 26.9 Å². The Morgan fingerprint density at radius 2 is 1.65 bits per heavy atom. The van der Waals surface area contributed by atoms with Crippen LogP contribution in [-0.2, 0) is 19.6 Å². The lowest BCUT2D eigenvalue weighted by atomic mass is 10.2. The summed E-state index contributed by atoms with van der Waals surface area (Å²) in [5.74, 6) is -1.30. The van der Waals surface area contributed by atoms with Crippen LogP contribution in [0.1, 0.15) is 21.5 Å². The van der Waals surface area contributed by atoms with Crippen LogP contribution in [0.25, 0.3) is 0 Å². The van der Waals surface area contributed by atoms with Gasteiger partial charge in [-0.15, -0.1) is 0 Å². The number of benzene rings is 3. The lowest BCUT2D eigenvalue weighted by molar-refractivity contribution is -0.121. The highest BCUT2D eigenvalue weighted by molar-refractivity contribution is 7.87. The number of carbonyl (C=O) groups is 2. The van der Waals surface area contributed by atoms with Crippen LogP contribution in [0.3, 0.4) is 0 Å². The molecule has 0 atom stereocenters. The van der Waals surface area contributed by atoms with Crippen molar-refractivity contribution in [2.75, 3.05) is 18.1 Å². The van der Waals surface area contributed by atoms with Gasteiger partial charge in [-0.3, -0.25) is 9.69 Å². The molecule has 0 aliphatic carbocycles. The minimum absolute atomic E-state index is 0.0257. The van der Waals surface area contributed by atoms with Crippen molar-refractivity contribution in [2.45, 2.75) is 18.7 Å². The molecule has 3 aromatic carbocycles. The standard InChI is InChI=1S/C25H22N2O6S/c1-18-8-9-19(2)23(16-18)34(30,31)33-22-12-10-20(11-13-22)25(29)32-17-24(28)27(15-14-26)21-6-4-3-5-7-21/h3-13,16H,15,17H2,1-2H3. The predicted octanol–water partition coefficient (Wildman–Crippen LogP) is 3.78. The van der Waals surface area contributed by atoms with E-state index in [0.29, 0.717) is 11.3 Å². The summed E-state index contributed by atoms with van der Waals surface area (Å²) in [5.41, 5.74) is 1.95. The van der Waals surface area contributed by atoms with E-state index >= 15 is 0 Å². The largest absolute Gasteiger partial charge is 0.452 e. The fraction of sp³-hybridized carbons (Fsp3) is 0.160. The highest BCUT2D eigenvalue weighted by Crippen LogP contribution is 2.23. The number of nitrogens with zero attached hydrogens (tertiary/aromatic N) is 2. The van der Waals surface area contributed by atoms with E-state index in [0.717, 1.165) is 5.56 Å². The molecule has 0 spiro atoms. The second kappa shape index (κ2) is 10.6. The lowest BCUT2D eigenvalue weighted by Crippen LogP contribution is -2.35. The lowest BCUT2D eigenvalue weighted by Gasteiger charge is -2.19. The average Bonchev–Trinajstić information content (AvgIpc) is 2.83. The van der Waals surface area contributed by atoms with E-state index < -0.39 is 28.6 Å². The van der Waals surface area contributed by atoms with E-state index in [1.165, 1.54) is 35.2 Å². The Hall–Kier alpha value is -4.16. The smallest absolute Gasteiger partial charge is 0.339 e. The topological polar surface area (TPSA) is 114 Å². The Bertz CT molecular complexity index is 1330. The molecule has 0 aromatic heterocycles. The zero-order valence-electron chi connectivity index (χ0n) is 18.6. The number of carbonyl (C=O) groups excluding carboxylic acids is 2. The summed E-state index contributed by atoms with van der Waals surface area (Å²) in [5, 5.41) is 9.00. The summed E-state index contributed by atoms with van der Waals surface area (Å²) in [6.07, 6.45) is 0. The molecule has 0 aliphatic rings. The second-order valence-electron chi connectivity index (χ2n) is 7.38. The molecule has 0 unspecified atom stereocenters. The van der Waals surface area contributed by atoms with Gasteiger partial charge in [0.2, 0.25) is 0 Å². The minimum Gasteiger partial charge on any atom is -0.452 e. The molecule has 174 valence electrons. The van der Waals surface area contributed by atoms with Crippen molar-refractivity contribution >= 4 is 27.7 Å². The van der Waals surface area contributed by atoms with Gasteiger partial charge in [0.25, 0.3) is 5.91 Å². The van der Waals surface area contributed by atoms with Gasteiger partial charge in [-0.1, -0.05) is 30.3 Å². The molecule has 3 rings (SSSR count). The monoisotopic (exact) mass is 478 g/mol. The number of ether oxygens (including phenoxy) is 1. The van der Waals surface area contributed by atoms with Crippen LogP contribution >= 0.6 is 0 Å². The summed E-state index contributed by atoms with van der Waals surface area (Å²) in [7, 11) is -4.06. The molecule has 34 heavy (non-hydrogen) atoms. The number of nitriles is 1. The molecule has 0 radical (unpaired) electrons. The highest BCUT2D eigenvalue weighted by atomic mass is 32.2. The minimum atomic E-state index is -4.06. The third-order valence-electron chi connectivity index (χ3n) is 4.83. The maximum Gasteiger partial charge on any atom is 0.339 e. The Labute approximate surface area is 198 Å². The number of aryl methyl sites for hydroxylation is 2.